The van der Waals surface area contributed by atoms with Gasteiger partial charge in [0.15, 0.2) is 0 Å². The summed E-state index contributed by atoms with van der Waals surface area (Å²) >= 11 is 0. The quantitative estimate of drug-likeness (QED) is 0.406. The number of aryl methyl sites for hydroxylation is 1. The Morgan fingerprint density at radius 2 is 2.12 bits per heavy atom. The third-order valence-corrected chi connectivity index (χ3v) is 5.97. The molecule has 0 fully saturated rings. The van der Waals surface area contributed by atoms with Crippen LogP contribution >= 0.6 is 0 Å². The zero-order valence-electron chi connectivity index (χ0n) is 16.9. The maximum atomic E-state index is 6.56. The number of unbranched alkanes of at least 4 members (excludes halogenated alkanes) is 2. The zero-order chi connectivity index (χ0) is 18.7. The molecule has 26 heavy (non-hydrogen) atoms. The van der Waals surface area contributed by atoms with E-state index in [9.17, 15) is 0 Å². The Morgan fingerprint density at radius 3 is 2.85 bits per heavy atom. The van der Waals surface area contributed by atoms with Crippen LogP contribution in [0.5, 0.6) is 11.5 Å². The van der Waals surface area contributed by atoms with Crippen LogP contribution in [0.25, 0.3) is 0 Å². The van der Waals surface area contributed by atoms with Crippen molar-refractivity contribution in [3.63, 3.8) is 0 Å². The molecule has 0 saturated heterocycles. The fourth-order valence-electron chi connectivity index (χ4n) is 4.59. The molecule has 0 radical (unpaired) electrons. The van der Waals surface area contributed by atoms with Crippen molar-refractivity contribution in [2.45, 2.75) is 77.7 Å². The Morgan fingerprint density at radius 1 is 1.31 bits per heavy atom. The van der Waals surface area contributed by atoms with E-state index in [4.69, 9.17) is 9.47 Å². The first-order chi connectivity index (χ1) is 12.5. The maximum absolute atomic E-state index is 6.56. The largest absolute Gasteiger partial charge is 0.489 e. The molecule has 0 aromatic heterocycles. The molecule has 0 saturated carbocycles. The monoisotopic (exact) mass is 354 g/mol. The Kier molecular flexibility index (Phi) is 5.79. The molecule has 0 unspecified atom stereocenters. The van der Waals surface area contributed by atoms with Crippen LogP contribution < -0.4 is 9.47 Å². The lowest BCUT2D eigenvalue weighted by Gasteiger charge is -2.47. The summed E-state index contributed by atoms with van der Waals surface area (Å²) in [6.07, 6.45) is 11.2. The molecule has 2 atom stereocenters. The van der Waals surface area contributed by atoms with Crippen molar-refractivity contribution in [1.82, 2.24) is 0 Å². The first-order valence-corrected chi connectivity index (χ1v) is 10.2. The fraction of sp³-hybridized carbons (Fsp3) is 0.583. The topological polar surface area (TPSA) is 18.5 Å². The van der Waals surface area contributed by atoms with Gasteiger partial charge in [-0.05, 0) is 64.2 Å². The number of rotatable bonds is 7. The third-order valence-electron chi connectivity index (χ3n) is 5.97. The second-order valence-corrected chi connectivity index (χ2v) is 8.47. The summed E-state index contributed by atoms with van der Waals surface area (Å²) in [4.78, 5) is 0. The van der Waals surface area contributed by atoms with Crippen molar-refractivity contribution in [3.05, 3.63) is 47.6 Å². The van der Waals surface area contributed by atoms with Crippen LogP contribution in [0.2, 0.25) is 0 Å². The van der Waals surface area contributed by atoms with Gasteiger partial charge in [-0.3, -0.25) is 0 Å². The van der Waals surface area contributed by atoms with Crippen LogP contribution in [-0.2, 0) is 6.42 Å². The number of benzene rings is 1. The Bertz CT molecular complexity index is 684. The Hall–Kier alpha value is -1.70. The molecule has 1 aromatic rings. The Balaban J connectivity index is 2.02. The van der Waals surface area contributed by atoms with E-state index >= 15 is 0 Å². The van der Waals surface area contributed by atoms with E-state index in [2.05, 4.69) is 52.5 Å². The molecule has 2 nitrogen and oxygen atoms in total. The summed E-state index contributed by atoms with van der Waals surface area (Å²) in [5, 5.41) is 0. The van der Waals surface area contributed by atoms with Crippen LogP contribution in [-0.4, -0.2) is 12.2 Å². The van der Waals surface area contributed by atoms with Crippen LogP contribution in [0, 0.1) is 5.92 Å². The summed E-state index contributed by atoms with van der Waals surface area (Å²) in [5.74, 6) is 3.02. The predicted octanol–water partition coefficient (Wildman–Crippen LogP) is 6.60. The van der Waals surface area contributed by atoms with Gasteiger partial charge in [0.2, 0.25) is 0 Å². The molecule has 3 rings (SSSR count). The van der Waals surface area contributed by atoms with Crippen LogP contribution in [0.1, 0.15) is 76.8 Å². The second-order valence-electron chi connectivity index (χ2n) is 8.47. The molecule has 2 aliphatic rings. The first-order valence-electron chi connectivity index (χ1n) is 10.2. The van der Waals surface area contributed by atoms with Gasteiger partial charge in [0, 0.05) is 17.4 Å². The highest BCUT2D eigenvalue weighted by atomic mass is 16.5. The second kappa shape index (κ2) is 7.90. The lowest BCUT2D eigenvalue weighted by atomic mass is 9.67. The highest BCUT2D eigenvalue weighted by Crippen LogP contribution is 2.54. The minimum absolute atomic E-state index is 0.146. The molecule has 1 aliphatic heterocycles. The summed E-state index contributed by atoms with van der Waals surface area (Å²) in [7, 11) is 0. The van der Waals surface area contributed by atoms with E-state index in [1.807, 2.05) is 6.08 Å². The van der Waals surface area contributed by atoms with Crippen LogP contribution in [0.3, 0.4) is 0 Å². The number of ether oxygens (including phenoxy) is 2. The van der Waals surface area contributed by atoms with Gasteiger partial charge in [-0.1, -0.05) is 44.1 Å². The van der Waals surface area contributed by atoms with Crippen molar-refractivity contribution in [3.8, 4) is 11.5 Å². The standard InChI is InChI=1S/C24H34O2/c1-6-8-9-10-18-15-21(25-13-7-2)23-19-14-17(3)11-12-20(19)24(4,5)26-22(23)16-18/h7,11,15-16,19-20H,2,6,8-10,12-14H2,1,3-5H3/t19-,20-/m1/s1. The number of hydrogen-bond donors (Lipinski definition) is 0. The average molecular weight is 355 g/mol. The zero-order valence-corrected chi connectivity index (χ0v) is 16.9. The highest BCUT2D eigenvalue weighted by Gasteiger charge is 2.45. The number of allylic oxidation sites excluding steroid dienone is 2. The van der Waals surface area contributed by atoms with Crippen LogP contribution in [0.4, 0.5) is 0 Å². The number of fused-ring (bicyclic) bond motifs is 3. The minimum Gasteiger partial charge on any atom is -0.489 e. The van der Waals surface area contributed by atoms with Crippen LogP contribution in [0.15, 0.2) is 36.4 Å². The smallest absolute Gasteiger partial charge is 0.127 e. The van der Waals surface area contributed by atoms with Gasteiger partial charge >= 0.3 is 0 Å². The molecular weight excluding hydrogens is 320 g/mol. The summed E-state index contributed by atoms with van der Waals surface area (Å²) in [6, 6.07) is 4.53. The summed E-state index contributed by atoms with van der Waals surface area (Å²) < 4.78 is 12.7. The van der Waals surface area contributed by atoms with Gasteiger partial charge in [0.1, 0.15) is 23.7 Å². The lowest BCUT2D eigenvalue weighted by Crippen LogP contribution is -2.45. The predicted molar refractivity (Wildman–Crippen MR) is 109 cm³/mol. The fourth-order valence-corrected chi connectivity index (χ4v) is 4.59. The van der Waals surface area contributed by atoms with Gasteiger partial charge in [-0.2, -0.15) is 0 Å². The number of hydrogen-bond acceptors (Lipinski definition) is 2. The van der Waals surface area contributed by atoms with Crippen molar-refractivity contribution in [2.75, 3.05) is 6.61 Å². The van der Waals surface area contributed by atoms with Gasteiger partial charge in [-0.25, -0.2) is 0 Å². The van der Waals surface area contributed by atoms with Gasteiger partial charge in [0.25, 0.3) is 0 Å². The van der Waals surface area contributed by atoms with Gasteiger partial charge < -0.3 is 9.47 Å². The highest BCUT2D eigenvalue weighted by molar-refractivity contribution is 5.53. The van der Waals surface area contributed by atoms with E-state index in [1.54, 1.807) is 0 Å². The molecule has 1 aliphatic carbocycles. The normalized spacial score (nSPS) is 23.3. The molecule has 0 bridgehead atoms. The third kappa shape index (κ3) is 3.84. The minimum atomic E-state index is -0.146. The van der Waals surface area contributed by atoms with E-state index in [0.717, 1.165) is 30.8 Å². The van der Waals surface area contributed by atoms with Crippen molar-refractivity contribution in [1.29, 1.82) is 0 Å². The lowest BCUT2D eigenvalue weighted by molar-refractivity contribution is 0.00736. The molecule has 0 spiro atoms. The molecule has 0 amide bonds. The molecule has 1 heterocycles. The van der Waals surface area contributed by atoms with Gasteiger partial charge in [0.05, 0.1) is 0 Å². The van der Waals surface area contributed by atoms with Crippen molar-refractivity contribution < 1.29 is 9.47 Å². The molecular formula is C24H34O2. The summed E-state index contributed by atoms with van der Waals surface area (Å²) in [5.41, 5.74) is 3.94. The summed E-state index contributed by atoms with van der Waals surface area (Å²) in [6.45, 7) is 13.4. The average Bonchev–Trinajstić information content (AvgIpc) is 2.58. The maximum Gasteiger partial charge on any atom is 0.127 e. The van der Waals surface area contributed by atoms with E-state index in [0.29, 0.717) is 18.4 Å². The molecule has 1 aromatic carbocycles. The van der Waals surface area contributed by atoms with E-state index in [1.165, 1.54) is 36.0 Å². The van der Waals surface area contributed by atoms with E-state index in [-0.39, 0.29) is 5.60 Å². The first kappa shape index (κ1) is 19.1. The van der Waals surface area contributed by atoms with Crippen molar-refractivity contribution >= 4 is 0 Å². The van der Waals surface area contributed by atoms with Gasteiger partial charge in [-0.15, -0.1) is 0 Å². The molecule has 2 heteroatoms. The van der Waals surface area contributed by atoms with E-state index < -0.39 is 0 Å². The molecule has 0 N–H and O–H groups in total. The van der Waals surface area contributed by atoms with Crippen molar-refractivity contribution in [2.24, 2.45) is 5.92 Å². The molecule has 142 valence electrons. The SMILES string of the molecule is C=CCOc1cc(CCCCC)cc2c1[C@@H]1CC(C)=CC[C@H]1C(C)(C)O2. The Labute approximate surface area is 159 Å².